The van der Waals surface area contributed by atoms with Crippen molar-refractivity contribution < 1.29 is 18.0 Å². The summed E-state index contributed by atoms with van der Waals surface area (Å²) in [5.41, 5.74) is 1.80. The average molecular weight is 428 g/mol. The normalized spacial score (nSPS) is 11.1. The van der Waals surface area contributed by atoms with Gasteiger partial charge in [0, 0.05) is 22.4 Å². The van der Waals surface area contributed by atoms with Crippen molar-refractivity contribution in [2.45, 2.75) is 11.3 Å². The van der Waals surface area contributed by atoms with Crippen LogP contribution in [0.25, 0.3) is 0 Å². The van der Waals surface area contributed by atoms with Crippen LogP contribution in [0.1, 0.15) is 21.5 Å². The average Bonchev–Trinajstić information content (AvgIpc) is 2.69. The van der Waals surface area contributed by atoms with Gasteiger partial charge in [0.05, 0.1) is 17.0 Å². The molecule has 0 atom stereocenters. The number of sulfone groups is 1. The summed E-state index contributed by atoms with van der Waals surface area (Å²) in [4.78, 5) is 25.5. The minimum atomic E-state index is -3.29. The summed E-state index contributed by atoms with van der Waals surface area (Å²) >= 11 is 6.05. The molecule has 0 saturated carbocycles. The third kappa shape index (κ3) is 5.31. The maximum Gasteiger partial charge on any atom is 0.228 e. The first-order valence-electron chi connectivity index (χ1n) is 8.72. The van der Waals surface area contributed by atoms with Gasteiger partial charge in [0.1, 0.15) is 0 Å². The van der Waals surface area contributed by atoms with Crippen LogP contribution in [0.3, 0.4) is 0 Å². The number of hydrogen-bond acceptors (Lipinski definition) is 4. The van der Waals surface area contributed by atoms with Gasteiger partial charge in [0.25, 0.3) is 0 Å². The van der Waals surface area contributed by atoms with Crippen LogP contribution >= 0.6 is 11.6 Å². The lowest BCUT2D eigenvalue weighted by Crippen LogP contribution is -2.17. The standard InChI is InChI=1S/C22H18ClNO4S/c1-29(27,28)18-10-7-15(8-11-18)13-21(25)24-20-12-9-17(23)14-19(20)22(26)16-5-3-2-4-6-16/h2-12,14H,13H2,1H3,(H,24,25). The highest BCUT2D eigenvalue weighted by molar-refractivity contribution is 7.90. The first kappa shape index (κ1) is 20.8. The van der Waals surface area contributed by atoms with Crippen LogP contribution in [0.15, 0.2) is 77.7 Å². The summed E-state index contributed by atoms with van der Waals surface area (Å²) in [6, 6.07) is 19.5. The molecule has 0 aliphatic rings. The molecular weight excluding hydrogens is 410 g/mol. The van der Waals surface area contributed by atoms with Gasteiger partial charge in [-0.1, -0.05) is 54.1 Å². The molecule has 148 valence electrons. The number of rotatable bonds is 6. The van der Waals surface area contributed by atoms with Crippen LogP contribution in [0.4, 0.5) is 5.69 Å². The molecule has 0 unspecified atom stereocenters. The lowest BCUT2D eigenvalue weighted by Gasteiger charge is -2.11. The van der Waals surface area contributed by atoms with Gasteiger partial charge >= 0.3 is 0 Å². The van der Waals surface area contributed by atoms with E-state index in [1.165, 1.54) is 18.2 Å². The van der Waals surface area contributed by atoms with Crippen molar-refractivity contribution in [3.8, 4) is 0 Å². The Hall–Kier alpha value is -2.96. The van der Waals surface area contributed by atoms with E-state index < -0.39 is 9.84 Å². The molecule has 0 spiro atoms. The fourth-order valence-electron chi connectivity index (χ4n) is 2.79. The second kappa shape index (κ2) is 8.59. The van der Waals surface area contributed by atoms with Crippen molar-refractivity contribution in [3.63, 3.8) is 0 Å². The van der Waals surface area contributed by atoms with E-state index in [0.717, 1.165) is 6.26 Å². The Labute approximate surface area is 174 Å². The highest BCUT2D eigenvalue weighted by Gasteiger charge is 2.16. The number of benzene rings is 3. The van der Waals surface area contributed by atoms with Crippen molar-refractivity contribution in [3.05, 3.63) is 94.5 Å². The first-order valence-corrected chi connectivity index (χ1v) is 11.0. The Morgan fingerprint density at radius 2 is 1.59 bits per heavy atom. The molecule has 29 heavy (non-hydrogen) atoms. The monoisotopic (exact) mass is 427 g/mol. The molecule has 3 aromatic carbocycles. The summed E-state index contributed by atoms with van der Waals surface area (Å²) in [7, 11) is -3.29. The van der Waals surface area contributed by atoms with Gasteiger partial charge in [-0.05, 0) is 35.9 Å². The Bertz CT molecular complexity index is 1160. The summed E-state index contributed by atoms with van der Waals surface area (Å²) < 4.78 is 23.1. The highest BCUT2D eigenvalue weighted by atomic mass is 35.5. The van der Waals surface area contributed by atoms with Crippen molar-refractivity contribution in [1.82, 2.24) is 0 Å². The predicted octanol–water partition coefficient (Wildman–Crippen LogP) is 4.16. The molecule has 0 aromatic heterocycles. The molecular formula is C22H18ClNO4S. The molecule has 5 nitrogen and oxygen atoms in total. The second-order valence-electron chi connectivity index (χ2n) is 6.53. The van der Waals surface area contributed by atoms with Gasteiger partial charge in [-0.3, -0.25) is 9.59 Å². The third-order valence-corrected chi connectivity index (χ3v) is 5.62. The first-order chi connectivity index (χ1) is 13.7. The van der Waals surface area contributed by atoms with E-state index in [-0.39, 0.29) is 23.0 Å². The summed E-state index contributed by atoms with van der Waals surface area (Å²) in [6.45, 7) is 0. The molecule has 0 bridgehead atoms. The summed E-state index contributed by atoms with van der Waals surface area (Å²) in [6.07, 6.45) is 1.16. The second-order valence-corrected chi connectivity index (χ2v) is 8.98. The molecule has 0 aliphatic heterocycles. The van der Waals surface area contributed by atoms with Crippen LogP contribution in [0, 0.1) is 0 Å². The number of ketones is 1. The molecule has 3 rings (SSSR count). The van der Waals surface area contributed by atoms with Crippen molar-refractivity contribution in [2.24, 2.45) is 0 Å². The number of carbonyl (C=O) groups is 2. The summed E-state index contributed by atoms with van der Waals surface area (Å²) in [5.74, 6) is -0.581. The van der Waals surface area contributed by atoms with Crippen LogP contribution in [0.5, 0.6) is 0 Å². The summed E-state index contributed by atoms with van der Waals surface area (Å²) in [5, 5.41) is 3.13. The zero-order valence-electron chi connectivity index (χ0n) is 15.6. The van der Waals surface area contributed by atoms with Crippen LogP contribution < -0.4 is 5.32 Å². The van der Waals surface area contributed by atoms with E-state index in [4.69, 9.17) is 11.6 Å². The smallest absolute Gasteiger partial charge is 0.228 e. The number of hydrogen-bond donors (Lipinski definition) is 1. The molecule has 0 saturated heterocycles. The van der Waals surface area contributed by atoms with E-state index in [1.807, 2.05) is 6.07 Å². The Balaban J connectivity index is 1.79. The fraction of sp³-hybridized carbons (Fsp3) is 0.0909. The molecule has 1 amide bonds. The predicted molar refractivity (Wildman–Crippen MR) is 113 cm³/mol. The topological polar surface area (TPSA) is 80.3 Å². The zero-order chi connectivity index (χ0) is 21.0. The lowest BCUT2D eigenvalue weighted by molar-refractivity contribution is -0.115. The Morgan fingerprint density at radius 1 is 0.931 bits per heavy atom. The zero-order valence-corrected chi connectivity index (χ0v) is 17.1. The molecule has 0 aliphatic carbocycles. The van der Waals surface area contributed by atoms with E-state index in [0.29, 0.717) is 27.4 Å². The molecule has 1 N–H and O–H groups in total. The minimum Gasteiger partial charge on any atom is -0.325 e. The van der Waals surface area contributed by atoms with E-state index in [2.05, 4.69) is 5.32 Å². The number of amides is 1. The van der Waals surface area contributed by atoms with Gasteiger partial charge in [0.2, 0.25) is 5.91 Å². The molecule has 0 heterocycles. The van der Waals surface area contributed by atoms with Gasteiger partial charge in [-0.15, -0.1) is 0 Å². The number of carbonyl (C=O) groups excluding carboxylic acids is 2. The quantitative estimate of drug-likeness (QED) is 0.599. The maximum atomic E-state index is 12.8. The van der Waals surface area contributed by atoms with E-state index in [9.17, 15) is 18.0 Å². The van der Waals surface area contributed by atoms with Gasteiger partial charge < -0.3 is 5.32 Å². The number of anilines is 1. The molecule has 0 fully saturated rings. The highest BCUT2D eigenvalue weighted by Crippen LogP contribution is 2.24. The van der Waals surface area contributed by atoms with Gasteiger partial charge in [-0.2, -0.15) is 0 Å². The van der Waals surface area contributed by atoms with Gasteiger partial charge in [0.15, 0.2) is 15.6 Å². The minimum absolute atomic E-state index is 0.0334. The Kier molecular flexibility index (Phi) is 6.15. The van der Waals surface area contributed by atoms with Crippen LogP contribution in [-0.2, 0) is 21.1 Å². The fourth-order valence-corrected chi connectivity index (χ4v) is 3.60. The Morgan fingerprint density at radius 3 is 2.21 bits per heavy atom. The van der Waals surface area contributed by atoms with E-state index >= 15 is 0 Å². The third-order valence-electron chi connectivity index (χ3n) is 4.25. The van der Waals surface area contributed by atoms with Crippen molar-refractivity contribution in [1.29, 1.82) is 0 Å². The SMILES string of the molecule is CS(=O)(=O)c1ccc(CC(=O)Nc2ccc(Cl)cc2C(=O)c2ccccc2)cc1. The maximum absolute atomic E-state index is 12.8. The van der Waals surface area contributed by atoms with Crippen molar-refractivity contribution in [2.75, 3.05) is 11.6 Å². The largest absolute Gasteiger partial charge is 0.325 e. The van der Waals surface area contributed by atoms with Crippen molar-refractivity contribution >= 4 is 38.8 Å². The van der Waals surface area contributed by atoms with Crippen LogP contribution in [0.2, 0.25) is 5.02 Å². The lowest BCUT2D eigenvalue weighted by atomic mass is 10.0. The molecule has 7 heteroatoms. The molecule has 0 radical (unpaired) electrons. The van der Waals surface area contributed by atoms with Gasteiger partial charge in [-0.25, -0.2) is 8.42 Å². The van der Waals surface area contributed by atoms with E-state index in [1.54, 1.807) is 48.5 Å². The molecule has 3 aromatic rings. The number of nitrogens with one attached hydrogen (secondary N) is 1. The number of halogens is 1. The van der Waals surface area contributed by atoms with Crippen LogP contribution in [-0.4, -0.2) is 26.4 Å².